The summed E-state index contributed by atoms with van der Waals surface area (Å²) in [4.78, 5) is 2.42. The first-order valence-electron chi connectivity index (χ1n) is 7.90. The molecule has 118 valence electrons. The van der Waals surface area contributed by atoms with Gasteiger partial charge in [0.2, 0.25) is 0 Å². The summed E-state index contributed by atoms with van der Waals surface area (Å²) in [5, 5.41) is 4.31. The highest BCUT2D eigenvalue weighted by molar-refractivity contribution is 5.14. The molecule has 6 nitrogen and oxygen atoms in total. The van der Waals surface area contributed by atoms with Crippen LogP contribution in [0.1, 0.15) is 37.8 Å². The minimum Gasteiger partial charge on any atom is -0.346 e. The van der Waals surface area contributed by atoms with Crippen molar-refractivity contribution in [1.29, 1.82) is 0 Å². The molecule has 0 aliphatic carbocycles. The lowest BCUT2D eigenvalue weighted by atomic mass is 9.94. The Kier molecular flexibility index (Phi) is 4.31. The van der Waals surface area contributed by atoms with Crippen molar-refractivity contribution in [3.05, 3.63) is 18.0 Å². The van der Waals surface area contributed by atoms with Crippen LogP contribution in [0.2, 0.25) is 0 Å². The van der Waals surface area contributed by atoms with E-state index in [4.69, 9.17) is 15.2 Å². The fourth-order valence-electron chi connectivity index (χ4n) is 3.53. The molecule has 1 aromatic heterocycles. The van der Waals surface area contributed by atoms with Gasteiger partial charge in [-0.25, -0.2) is 0 Å². The zero-order valence-electron chi connectivity index (χ0n) is 13.0. The van der Waals surface area contributed by atoms with Crippen molar-refractivity contribution < 1.29 is 9.47 Å². The monoisotopic (exact) mass is 294 g/mol. The van der Waals surface area contributed by atoms with Crippen molar-refractivity contribution in [3.63, 3.8) is 0 Å². The Morgan fingerprint density at radius 3 is 2.81 bits per heavy atom. The van der Waals surface area contributed by atoms with Gasteiger partial charge in [-0.3, -0.25) is 9.58 Å². The van der Waals surface area contributed by atoms with Gasteiger partial charge in [-0.05, 0) is 19.4 Å². The minimum absolute atomic E-state index is 0.0887. The highest BCUT2D eigenvalue weighted by Gasteiger charge is 2.43. The summed E-state index contributed by atoms with van der Waals surface area (Å²) in [7, 11) is 1.94. The van der Waals surface area contributed by atoms with Crippen LogP contribution >= 0.6 is 0 Å². The summed E-state index contributed by atoms with van der Waals surface area (Å²) < 4.78 is 13.6. The first kappa shape index (κ1) is 15.0. The Balaban J connectivity index is 1.82. The standard InChI is InChI=1S/C15H26N4O2/c1-3-13(16)14(12-9-17-18(2)10-12)19-6-4-5-15(11-19)20-7-8-21-15/h9-10,13-14H,3-8,11,16H2,1-2H3. The van der Waals surface area contributed by atoms with E-state index in [1.165, 1.54) is 5.56 Å². The molecule has 1 spiro atoms. The lowest BCUT2D eigenvalue weighted by Gasteiger charge is -2.43. The molecule has 1 aromatic rings. The second kappa shape index (κ2) is 6.04. The second-order valence-electron chi connectivity index (χ2n) is 6.15. The van der Waals surface area contributed by atoms with Gasteiger partial charge in [-0.15, -0.1) is 0 Å². The smallest absolute Gasteiger partial charge is 0.181 e. The molecule has 2 aliphatic heterocycles. The fourth-order valence-corrected chi connectivity index (χ4v) is 3.53. The number of nitrogens with two attached hydrogens (primary N) is 1. The van der Waals surface area contributed by atoms with Crippen LogP contribution in [-0.4, -0.2) is 52.8 Å². The van der Waals surface area contributed by atoms with Crippen LogP contribution in [0.25, 0.3) is 0 Å². The molecule has 2 N–H and O–H groups in total. The number of likely N-dealkylation sites (tertiary alicyclic amines) is 1. The molecule has 0 bridgehead atoms. The Hall–Kier alpha value is -0.950. The number of rotatable bonds is 4. The number of ether oxygens (including phenoxy) is 2. The van der Waals surface area contributed by atoms with Gasteiger partial charge in [0.15, 0.2) is 5.79 Å². The number of nitrogens with zero attached hydrogens (tertiary/aromatic N) is 3. The van der Waals surface area contributed by atoms with Gasteiger partial charge in [-0.1, -0.05) is 6.92 Å². The van der Waals surface area contributed by atoms with E-state index in [2.05, 4.69) is 23.1 Å². The maximum absolute atomic E-state index is 6.42. The van der Waals surface area contributed by atoms with Gasteiger partial charge in [0.25, 0.3) is 0 Å². The molecule has 2 aliphatic rings. The molecule has 2 saturated heterocycles. The number of aromatic nitrogens is 2. The van der Waals surface area contributed by atoms with E-state index < -0.39 is 5.79 Å². The zero-order chi connectivity index (χ0) is 14.9. The lowest BCUT2D eigenvalue weighted by molar-refractivity contribution is -0.195. The Labute approximate surface area is 126 Å². The van der Waals surface area contributed by atoms with Gasteiger partial charge in [0.1, 0.15) is 0 Å². The van der Waals surface area contributed by atoms with E-state index in [1.807, 2.05) is 17.9 Å². The average molecular weight is 294 g/mol. The van der Waals surface area contributed by atoms with Crippen LogP contribution in [-0.2, 0) is 16.5 Å². The first-order chi connectivity index (χ1) is 10.1. The zero-order valence-corrected chi connectivity index (χ0v) is 13.0. The lowest BCUT2D eigenvalue weighted by Crippen LogP contribution is -2.53. The SMILES string of the molecule is CCC(N)C(c1cnn(C)c1)N1CCCC2(C1)OCCO2. The molecule has 3 rings (SSSR count). The van der Waals surface area contributed by atoms with E-state index in [9.17, 15) is 0 Å². The predicted molar refractivity (Wildman–Crippen MR) is 79.7 cm³/mol. The summed E-state index contributed by atoms with van der Waals surface area (Å²) in [5.74, 6) is -0.411. The van der Waals surface area contributed by atoms with Gasteiger partial charge >= 0.3 is 0 Å². The Morgan fingerprint density at radius 2 is 2.19 bits per heavy atom. The van der Waals surface area contributed by atoms with Crippen molar-refractivity contribution in [2.75, 3.05) is 26.3 Å². The second-order valence-corrected chi connectivity index (χ2v) is 6.15. The molecule has 2 unspecified atom stereocenters. The Morgan fingerprint density at radius 1 is 1.43 bits per heavy atom. The molecule has 6 heteroatoms. The molecule has 0 aromatic carbocycles. The van der Waals surface area contributed by atoms with Crippen LogP contribution in [0.3, 0.4) is 0 Å². The molecule has 2 fully saturated rings. The molecular weight excluding hydrogens is 268 g/mol. The number of aryl methyl sites for hydroxylation is 1. The molecule has 0 radical (unpaired) electrons. The van der Waals surface area contributed by atoms with Gasteiger partial charge in [0, 0.05) is 31.3 Å². The van der Waals surface area contributed by atoms with E-state index >= 15 is 0 Å². The van der Waals surface area contributed by atoms with Crippen LogP contribution in [0.4, 0.5) is 0 Å². The maximum Gasteiger partial charge on any atom is 0.181 e. The van der Waals surface area contributed by atoms with Crippen LogP contribution in [0, 0.1) is 0 Å². The van der Waals surface area contributed by atoms with Crippen molar-refractivity contribution >= 4 is 0 Å². The fraction of sp³-hybridized carbons (Fsp3) is 0.800. The first-order valence-corrected chi connectivity index (χ1v) is 7.90. The highest BCUT2D eigenvalue weighted by Crippen LogP contribution is 2.35. The molecule has 0 amide bonds. The van der Waals surface area contributed by atoms with Crippen LogP contribution < -0.4 is 5.73 Å². The van der Waals surface area contributed by atoms with E-state index in [0.29, 0.717) is 13.2 Å². The Bertz CT molecular complexity index is 470. The molecule has 0 saturated carbocycles. The third-order valence-corrected chi connectivity index (χ3v) is 4.60. The van der Waals surface area contributed by atoms with Crippen molar-refractivity contribution in [1.82, 2.24) is 14.7 Å². The molecule has 3 heterocycles. The van der Waals surface area contributed by atoms with E-state index in [-0.39, 0.29) is 12.1 Å². The normalized spacial score (nSPS) is 25.3. The molecule has 2 atom stereocenters. The topological polar surface area (TPSA) is 65.5 Å². The van der Waals surface area contributed by atoms with E-state index in [1.54, 1.807) is 0 Å². The third kappa shape index (κ3) is 2.99. The summed E-state index contributed by atoms with van der Waals surface area (Å²) in [6, 6.07) is 0.263. The molecular formula is C15H26N4O2. The average Bonchev–Trinajstić information content (AvgIpc) is 3.09. The van der Waals surface area contributed by atoms with Crippen molar-refractivity contribution in [2.45, 2.75) is 44.1 Å². The number of piperidine rings is 1. The molecule has 21 heavy (non-hydrogen) atoms. The maximum atomic E-state index is 6.42. The van der Waals surface area contributed by atoms with Crippen LogP contribution in [0.15, 0.2) is 12.4 Å². The number of hydrogen-bond donors (Lipinski definition) is 1. The van der Waals surface area contributed by atoms with Gasteiger partial charge in [-0.2, -0.15) is 5.10 Å². The van der Waals surface area contributed by atoms with E-state index in [0.717, 1.165) is 32.4 Å². The summed E-state index contributed by atoms with van der Waals surface area (Å²) in [5.41, 5.74) is 7.60. The summed E-state index contributed by atoms with van der Waals surface area (Å²) in [6.45, 7) is 5.36. The summed E-state index contributed by atoms with van der Waals surface area (Å²) >= 11 is 0. The minimum atomic E-state index is -0.411. The predicted octanol–water partition coefficient (Wildman–Crippen LogP) is 1.04. The van der Waals surface area contributed by atoms with Crippen molar-refractivity contribution in [3.8, 4) is 0 Å². The third-order valence-electron chi connectivity index (χ3n) is 4.60. The van der Waals surface area contributed by atoms with Crippen LogP contribution in [0.5, 0.6) is 0 Å². The highest BCUT2D eigenvalue weighted by atomic mass is 16.7. The van der Waals surface area contributed by atoms with Crippen molar-refractivity contribution in [2.24, 2.45) is 12.8 Å². The largest absolute Gasteiger partial charge is 0.346 e. The summed E-state index contributed by atoms with van der Waals surface area (Å²) in [6.07, 6.45) is 6.98. The van der Waals surface area contributed by atoms with Gasteiger partial charge in [0.05, 0.1) is 32.0 Å². The quantitative estimate of drug-likeness (QED) is 0.899. The van der Waals surface area contributed by atoms with Gasteiger partial charge < -0.3 is 15.2 Å². The number of hydrogen-bond acceptors (Lipinski definition) is 5.